The van der Waals surface area contributed by atoms with Crippen molar-refractivity contribution in [1.82, 2.24) is 0 Å². The Morgan fingerprint density at radius 3 is 2.44 bits per heavy atom. The van der Waals surface area contributed by atoms with Gasteiger partial charge in [0, 0.05) is 4.47 Å². The first-order valence-electron chi connectivity index (χ1n) is 5.20. The van der Waals surface area contributed by atoms with Crippen LogP contribution in [0.5, 0.6) is 0 Å². The second-order valence-corrected chi connectivity index (χ2v) is 5.45. The van der Waals surface area contributed by atoms with Gasteiger partial charge < -0.3 is 5.11 Å². The molecule has 1 heterocycles. The summed E-state index contributed by atoms with van der Waals surface area (Å²) >= 11 is 5.07. The van der Waals surface area contributed by atoms with Gasteiger partial charge in [0.1, 0.15) is 5.60 Å². The zero-order chi connectivity index (χ0) is 11.6. The first-order chi connectivity index (χ1) is 7.68. The van der Waals surface area contributed by atoms with E-state index in [0.717, 1.165) is 14.9 Å². The Morgan fingerprint density at radius 2 is 1.94 bits per heavy atom. The second-order valence-electron chi connectivity index (χ2n) is 3.68. The Labute approximate surface area is 108 Å². The molecule has 0 saturated heterocycles. The van der Waals surface area contributed by atoms with Crippen LogP contribution in [0, 0.1) is 0 Å². The van der Waals surface area contributed by atoms with Crippen LogP contribution in [0.4, 0.5) is 0 Å². The molecule has 0 bridgehead atoms. The molecule has 1 nitrogen and oxygen atoms in total. The van der Waals surface area contributed by atoms with Gasteiger partial charge in [0.2, 0.25) is 0 Å². The van der Waals surface area contributed by atoms with Crippen molar-refractivity contribution >= 4 is 27.3 Å². The minimum absolute atomic E-state index is 0.663. The normalized spacial score (nSPS) is 14.7. The predicted molar refractivity (Wildman–Crippen MR) is 71.8 cm³/mol. The van der Waals surface area contributed by atoms with Gasteiger partial charge in [-0.3, -0.25) is 0 Å². The van der Waals surface area contributed by atoms with Crippen molar-refractivity contribution in [2.75, 3.05) is 0 Å². The summed E-state index contributed by atoms with van der Waals surface area (Å²) < 4.78 is 0.978. The topological polar surface area (TPSA) is 20.2 Å². The minimum Gasteiger partial charge on any atom is -0.380 e. The minimum atomic E-state index is -0.881. The largest absolute Gasteiger partial charge is 0.380 e. The molecule has 0 spiro atoms. The van der Waals surface area contributed by atoms with Gasteiger partial charge in [-0.2, -0.15) is 0 Å². The fraction of sp³-hybridized carbons (Fsp3) is 0.231. The van der Waals surface area contributed by atoms with E-state index in [1.807, 2.05) is 48.7 Å². The van der Waals surface area contributed by atoms with E-state index in [0.29, 0.717) is 6.42 Å². The molecule has 3 heteroatoms. The lowest BCUT2D eigenvalue weighted by atomic mass is 9.90. The number of rotatable bonds is 3. The van der Waals surface area contributed by atoms with Gasteiger partial charge in [-0.15, -0.1) is 11.3 Å². The van der Waals surface area contributed by atoms with Gasteiger partial charge in [-0.1, -0.05) is 37.3 Å². The van der Waals surface area contributed by atoms with Crippen molar-refractivity contribution in [3.05, 3.63) is 56.7 Å². The summed E-state index contributed by atoms with van der Waals surface area (Å²) in [5, 5.41) is 12.8. The standard InChI is InChI=1S/C13H13BrOS/c1-2-13(15,10-6-4-3-5-7-10)12-11(14)8-9-16-12/h3-9,15H,2H2,1H3. The van der Waals surface area contributed by atoms with Crippen LogP contribution < -0.4 is 0 Å². The number of benzene rings is 1. The first-order valence-corrected chi connectivity index (χ1v) is 6.87. The van der Waals surface area contributed by atoms with E-state index in [9.17, 15) is 5.11 Å². The average molecular weight is 297 g/mol. The number of thiophene rings is 1. The van der Waals surface area contributed by atoms with Crippen LogP contribution >= 0.6 is 27.3 Å². The molecule has 2 rings (SSSR count). The van der Waals surface area contributed by atoms with Crippen molar-refractivity contribution in [3.8, 4) is 0 Å². The molecule has 1 aromatic carbocycles. The lowest BCUT2D eigenvalue weighted by Crippen LogP contribution is -2.25. The number of hydrogen-bond donors (Lipinski definition) is 1. The van der Waals surface area contributed by atoms with Gasteiger partial charge in [-0.05, 0) is 39.4 Å². The zero-order valence-electron chi connectivity index (χ0n) is 8.98. The highest BCUT2D eigenvalue weighted by atomic mass is 79.9. The lowest BCUT2D eigenvalue weighted by Gasteiger charge is -2.26. The van der Waals surface area contributed by atoms with Crippen LogP contribution in [0.3, 0.4) is 0 Å². The highest BCUT2D eigenvalue weighted by molar-refractivity contribution is 9.10. The maximum atomic E-state index is 10.8. The van der Waals surface area contributed by atoms with E-state index < -0.39 is 5.60 Å². The molecule has 1 aromatic heterocycles. The molecule has 0 aliphatic carbocycles. The molecule has 1 atom stereocenters. The van der Waals surface area contributed by atoms with Gasteiger partial charge >= 0.3 is 0 Å². The smallest absolute Gasteiger partial charge is 0.125 e. The summed E-state index contributed by atoms with van der Waals surface area (Å²) in [5.41, 5.74) is 0.0644. The van der Waals surface area contributed by atoms with Crippen molar-refractivity contribution in [3.63, 3.8) is 0 Å². The van der Waals surface area contributed by atoms with E-state index >= 15 is 0 Å². The third-order valence-corrected chi connectivity index (χ3v) is 4.74. The maximum Gasteiger partial charge on any atom is 0.125 e. The van der Waals surface area contributed by atoms with Crippen molar-refractivity contribution < 1.29 is 5.11 Å². The van der Waals surface area contributed by atoms with Gasteiger partial charge in [-0.25, -0.2) is 0 Å². The molecule has 0 saturated carbocycles. The van der Waals surface area contributed by atoms with Crippen LogP contribution in [-0.4, -0.2) is 5.11 Å². The fourth-order valence-corrected chi connectivity index (χ4v) is 3.69. The molecular formula is C13H13BrOS. The zero-order valence-corrected chi connectivity index (χ0v) is 11.4. The van der Waals surface area contributed by atoms with Crippen LogP contribution in [0.2, 0.25) is 0 Å². The van der Waals surface area contributed by atoms with E-state index in [-0.39, 0.29) is 0 Å². The summed E-state index contributed by atoms with van der Waals surface area (Å²) in [6.45, 7) is 2.00. The Balaban J connectivity index is 2.53. The van der Waals surface area contributed by atoms with E-state index in [1.54, 1.807) is 11.3 Å². The van der Waals surface area contributed by atoms with Gasteiger partial charge in [0.05, 0.1) is 4.88 Å². The van der Waals surface area contributed by atoms with E-state index in [2.05, 4.69) is 15.9 Å². The Morgan fingerprint density at radius 1 is 1.25 bits per heavy atom. The summed E-state index contributed by atoms with van der Waals surface area (Å²) in [6.07, 6.45) is 0.663. The van der Waals surface area contributed by atoms with Gasteiger partial charge in [0.25, 0.3) is 0 Å². The molecule has 0 radical (unpaired) electrons. The Bertz CT molecular complexity index is 466. The van der Waals surface area contributed by atoms with Crippen molar-refractivity contribution in [2.45, 2.75) is 18.9 Å². The third-order valence-electron chi connectivity index (χ3n) is 2.76. The molecule has 84 valence electrons. The highest BCUT2D eigenvalue weighted by Crippen LogP contribution is 2.40. The molecule has 2 aromatic rings. The first kappa shape index (κ1) is 11.8. The number of halogens is 1. The van der Waals surface area contributed by atoms with E-state index in [1.165, 1.54) is 0 Å². The van der Waals surface area contributed by atoms with Crippen LogP contribution in [-0.2, 0) is 5.60 Å². The molecule has 0 fully saturated rings. The lowest BCUT2D eigenvalue weighted by molar-refractivity contribution is 0.0797. The predicted octanol–water partition coefficient (Wildman–Crippen LogP) is 4.16. The monoisotopic (exact) mass is 296 g/mol. The Kier molecular flexibility index (Phi) is 3.47. The van der Waals surface area contributed by atoms with E-state index in [4.69, 9.17) is 0 Å². The number of hydrogen-bond acceptors (Lipinski definition) is 2. The van der Waals surface area contributed by atoms with Crippen molar-refractivity contribution in [2.24, 2.45) is 0 Å². The third kappa shape index (κ3) is 1.95. The van der Waals surface area contributed by atoms with Gasteiger partial charge in [0.15, 0.2) is 0 Å². The maximum absolute atomic E-state index is 10.8. The molecule has 0 amide bonds. The SMILES string of the molecule is CCC(O)(c1ccccc1)c1sccc1Br. The molecular weight excluding hydrogens is 284 g/mol. The number of aliphatic hydroxyl groups is 1. The van der Waals surface area contributed by atoms with Crippen LogP contribution in [0.1, 0.15) is 23.8 Å². The quantitative estimate of drug-likeness (QED) is 0.902. The summed E-state index contributed by atoms with van der Waals surface area (Å²) in [6, 6.07) is 11.8. The molecule has 16 heavy (non-hydrogen) atoms. The molecule has 1 N–H and O–H groups in total. The second kappa shape index (κ2) is 4.70. The fourth-order valence-electron chi connectivity index (χ4n) is 1.80. The summed E-state index contributed by atoms with van der Waals surface area (Å²) in [5.74, 6) is 0. The van der Waals surface area contributed by atoms with Crippen LogP contribution in [0.15, 0.2) is 46.3 Å². The highest BCUT2D eigenvalue weighted by Gasteiger charge is 2.32. The molecule has 0 aliphatic rings. The van der Waals surface area contributed by atoms with Crippen LogP contribution in [0.25, 0.3) is 0 Å². The average Bonchev–Trinajstić information content (AvgIpc) is 2.76. The Hall–Kier alpha value is -0.640. The summed E-state index contributed by atoms with van der Waals surface area (Å²) in [4.78, 5) is 0.973. The molecule has 0 aliphatic heterocycles. The summed E-state index contributed by atoms with van der Waals surface area (Å²) in [7, 11) is 0. The molecule has 1 unspecified atom stereocenters. The van der Waals surface area contributed by atoms with Crippen molar-refractivity contribution in [1.29, 1.82) is 0 Å².